The summed E-state index contributed by atoms with van der Waals surface area (Å²) in [6.45, 7) is 0. The maximum atomic E-state index is 9.38. The first-order valence-corrected chi connectivity index (χ1v) is 8.31. The van der Waals surface area contributed by atoms with Gasteiger partial charge < -0.3 is 0 Å². The first kappa shape index (κ1) is 27.6. The van der Waals surface area contributed by atoms with Crippen molar-refractivity contribution in [2.24, 2.45) is 0 Å². The summed E-state index contributed by atoms with van der Waals surface area (Å²) in [6.07, 6.45) is 0. The van der Waals surface area contributed by atoms with Gasteiger partial charge in [0.05, 0.1) is 0 Å². The van der Waals surface area contributed by atoms with Crippen LogP contribution in [0.3, 0.4) is 0 Å². The zero-order valence-corrected chi connectivity index (χ0v) is 17.9. The van der Waals surface area contributed by atoms with Gasteiger partial charge in [0, 0.05) is 0 Å². The molecule has 0 fully saturated rings. The number of hydrogen-bond acceptors (Lipinski definition) is 10. The van der Waals surface area contributed by atoms with Crippen molar-refractivity contribution in [2.45, 2.75) is 0 Å². The van der Waals surface area contributed by atoms with Crippen molar-refractivity contribution in [3.05, 3.63) is 0 Å². The third kappa shape index (κ3) is 53.1. The van der Waals surface area contributed by atoms with Crippen LogP contribution in [0.2, 0.25) is 0 Å². The van der Waals surface area contributed by atoms with Crippen LogP contribution in [-0.4, -0.2) is 49.6 Å². The smallest absolute Gasteiger partial charge is 2.00 e. The monoisotopic (exact) mass is 460 g/mol. The van der Waals surface area contributed by atoms with Gasteiger partial charge in [0.25, 0.3) is 0 Å². The molecule has 0 spiro atoms. The molecule has 0 radical (unpaired) electrons. The molecule has 0 atom stereocenters. The standard InChI is InChI=1S/3Cr.K.H2O.10O.Sr/h;;;;1H2;;;;;;;;;;;/q;;2*+1;;;;;;;;;3*-1;+2/p-1. The molecule has 0 heterocycles. The van der Waals surface area contributed by atoms with Gasteiger partial charge in [-0.15, -0.1) is 0 Å². The summed E-state index contributed by atoms with van der Waals surface area (Å²) >= 11 is -17.6. The normalized spacial score (nSPS) is 11.2. The van der Waals surface area contributed by atoms with E-state index in [9.17, 15) is 23.5 Å². The Morgan fingerprint density at radius 2 is 0.938 bits per heavy atom. The average molecular weight is 460 g/mol. The summed E-state index contributed by atoms with van der Waals surface area (Å²) in [7, 11) is 0. The Bertz CT molecular complexity index is 413. The second-order valence-electron chi connectivity index (χ2n) is 1.31. The van der Waals surface area contributed by atoms with Gasteiger partial charge in [-0.1, -0.05) is 0 Å². The Hall–Kier alpha value is 3.31. The molecule has 88 valence electrons. The fourth-order valence-corrected chi connectivity index (χ4v) is 1.74. The third-order valence-corrected chi connectivity index (χ3v) is 2.83. The fourth-order valence-electron chi connectivity index (χ4n) is 0.102. The second kappa shape index (κ2) is 11.0. The van der Waals surface area contributed by atoms with Crippen molar-refractivity contribution < 1.29 is 135 Å². The largest absolute Gasteiger partial charge is 2.00 e. The van der Waals surface area contributed by atoms with Crippen LogP contribution in [0.5, 0.6) is 0 Å². The van der Waals surface area contributed by atoms with Crippen molar-refractivity contribution in [3.8, 4) is 0 Å². The van der Waals surface area contributed by atoms with Gasteiger partial charge in [0.1, 0.15) is 0 Å². The minimum Gasteiger partial charge on any atom is 2.00 e. The molecule has 1 N–H and O–H groups in total. The van der Waals surface area contributed by atoms with Crippen LogP contribution in [0.15, 0.2) is 0 Å². The maximum Gasteiger partial charge on any atom is 2.00 e. The topological polar surface area (TPSA) is 201 Å². The zero-order valence-electron chi connectivity index (χ0n) is 7.46. The number of hydrogen-bond donors (Lipinski definition) is 1. The Balaban J connectivity index is -0.0000000904. The van der Waals surface area contributed by atoms with E-state index in [0.717, 1.165) is 0 Å². The van der Waals surface area contributed by atoms with E-state index in [1.54, 1.807) is 0 Å². The van der Waals surface area contributed by atoms with Crippen LogP contribution >= 0.6 is 0 Å². The van der Waals surface area contributed by atoms with Gasteiger partial charge >= 0.3 is 180 Å². The predicted octanol–water partition coefficient (Wildman–Crippen LogP) is -8.29. The van der Waals surface area contributed by atoms with Crippen molar-refractivity contribution in [1.82, 2.24) is 0 Å². The van der Waals surface area contributed by atoms with E-state index in [1.807, 2.05) is 0 Å². The Morgan fingerprint density at radius 1 is 0.812 bits per heavy atom. The van der Waals surface area contributed by atoms with E-state index in [1.165, 1.54) is 0 Å². The van der Waals surface area contributed by atoms with Crippen LogP contribution in [0.25, 0.3) is 0 Å². The van der Waals surface area contributed by atoms with Crippen LogP contribution < -0.4 is 63.9 Å². The van der Waals surface area contributed by atoms with Crippen LogP contribution in [0.1, 0.15) is 0 Å². The molecule has 16 heteroatoms. The molecule has 0 aromatic rings. The molecule has 11 nitrogen and oxygen atoms in total. The van der Waals surface area contributed by atoms with Gasteiger partial charge in [-0.3, -0.25) is 0 Å². The van der Waals surface area contributed by atoms with Gasteiger partial charge in [-0.05, 0) is 0 Å². The molecule has 0 aliphatic heterocycles. The molecule has 0 unspecified atom stereocenters. The molecule has 0 bridgehead atoms. The number of rotatable bonds is 2. The van der Waals surface area contributed by atoms with E-state index >= 15 is 0 Å². The first-order chi connectivity index (χ1) is 5.71. The van der Waals surface area contributed by atoms with Crippen LogP contribution in [0.4, 0.5) is 0 Å². The minimum atomic E-state index is -6.07. The van der Waals surface area contributed by atoms with E-state index in [0.29, 0.717) is 0 Å². The molecule has 0 saturated carbocycles. The molecule has 16 heavy (non-hydrogen) atoms. The predicted molar refractivity (Wildman–Crippen MR) is 13.2 cm³/mol. The molecule has 0 saturated heterocycles. The SMILES string of the molecule is [K+].[O]=[Cr](=[O])([O-])[OH].[O]=[Cr](=[O])([O-])[O][Cr](=[O])(=[O])[O-].[Sr+2]. The average Bonchev–Trinajstić information content (AvgIpc) is 1.42. The summed E-state index contributed by atoms with van der Waals surface area (Å²) in [5, 5.41) is 0. The van der Waals surface area contributed by atoms with Crippen molar-refractivity contribution in [2.75, 3.05) is 0 Å². The van der Waals surface area contributed by atoms with Crippen molar-refractivity contribution >= 4 is 45.5 Å². The van der Waals surface area contributed by atoms with Crippen molar-refractivity contribution in [3.63, 3.8) is 0 Å². The molecule has 0 rings (SSSR count). The van der Waals surface area contributed by atoms with E-state index in [4.69, 9.17) is 15.9 Å². The summed E-state index contributed by atoms with van der Waals surface area (Å²) in [5.74, 6) is 0. The maximum absolute atomic E-state index is 9.38. The molecule has 0 aliphatic rings. The van der Waals surface area contributed by atoms with E-state index < -0.39 is 40.8 Å². The Morgan fingerprint density at radius 3 is 0.938 bits per heavy atom. The summed E-state index contributed by atoms with van der Waals surface area (Å²) in [4.78, 5) is 0. The first-order valence-electron chi connectivity index (χ1n) is 2.02. The van der Waals surface area contributed by atoms with Gasteiger partial charge in [-0.2, -0.15) is 0 Å². The third-order valence-electron chi connectivity index (χ3n) is 0.167. The molecule has 0 aromatic heterocycles. The molecule has 0 amide bonds. The fraction of sp³-hybridized carbons (Fsp3) is 0. The van der Waals surface area contributed by atoms with Gasteiger partial charge in [-0.25, -0.2) is 0 Å². The molecular weight excluding hydrogens is 459 g/mol. The van der Waals surface area contributed by atoms with Gasteiger partial charge in [0.15, 0.2) is 0 Å². The summed E-state index contributed by atoms with van der Waals surface area (Å²) in [5.41, 5.74) is 0. The Kier molecular flexibility index (Phi) is 19.0. The van der Waals surface area contributed by atoms with Crippen LogP contribution in [-0.2, 0) is 66.5 Å². The minimum absolute atomic E-state index is 0. The molecule has 0 aliphatic carbocycles. The van der Waals surface area contributed by atoms with E-state index in [-0.39, 0.29) is 96.9 Å². The Labute approximate surface area is 175 Å². The van der Waals surface area contributed by atoms with Crippen LogP contribution in [0, 0.1) is 0 Å². The zero-order chi connectivity index (χ0) is 12.2. The molecular formula is HCr3KO11Sr. The second-order valence-corrected chi connectivity index (χ2v) is 6.29. The quantitative estimate of drug-likeness (QED) is 0.384. The van der Waals surface area contributed by atoms with Gasteiger partial charge in [0.2, 0.25) is 0 Å². The van der Waals surface area contributed by atoms with E-state index in [2.05, 4.69) is 2.84 Å². The summed E-state index contributed by atoms with van der Waals surface area (Å²) in [6, 6.07) is 0. The van der Waals surface area contributed by atoms with Crippen molar-refractivity contribution in [1.29, 1.82) is 0 Å². The summed E-state index contributed by atoms with van der Waals surface area (Å²) < 4.78 is 92.0. The molecule has 0 aromatic carbocycles.